The Morgan fingerprint density at radius 3 is 3.19 bits per heavy atom. The lowest BCUT2D eigenvalue weighted by atomic mass is 9.95. The number of thiophene rings is 1. The summed E-state index contributed by atoms with van der Waals surface area (Å²) >= 11 is 1.81. The van der Waals surface area contributed by atoms with E-state index in [0.29, 0.717) is 12.5 Å². The lowest BCUT2D eigenvalue weighted by Gasteiger charge is -2.34. The van der Waals surface area contributed by atoms with Crippen LogP contribution in [0.4, 0.5) is 0 Å². The maximum absolute atomic E-state index is 12.5. The van der Waals surface area contributed by atoms with E-state index in [1.54, 1.807) is 0 Å². The number of amides is 1. The molecule has 0 spiro atoms. The monoisotopic (exact) mass is 308 g/mol. The first-order valence-electron chi connectivity index (χ1n) is 7.92. The van der Waals surface area contributed by atoms with Gasteiger partial charge in [0.1, 0.15) is 0 Å². The molecule has 1 aromatic rings. The van der Waals surface area contributed by atoms with Crippen molar-refractivity contribution < 1.29 is 9.90 Å². The quantitative estimate of drug-likeness (QED) is 0.921. The van der Waals surface area contributed by atoms with E-state index in [4.69, 9.17) is 5.11 Å². The SMILES string of the molecule is O=C(CN1CCCC(CCO)C1)N1CCc2sccc2C1. The van der Waals surface area contributed by atoms with Crippen molar-refractivity contribution in [2.45, 2.75) is 32.2 Å². The summed E-state index contributed by atoms with van der Waals surface area (Å²) in [5.41, 5.74) is 1.33. The Morgan fingerprint density at radius 2 is 2.33 bits per heavy atom. The summed E-state index contributed by atoms with van der Waals surface area (Å²) in [5.74, 6) is 0.817. The fourth-order valence-electron chi connectivity index (χ4n) is 3.47. The van der Waals surface area contributed by atoms with Crippen LogP contribution in [0.25, 0.3) is 0 Å². The third-order valence-corrected chi connectivity index (χ3v) is 5.68. The van der Waals surface area contributed by atoms with E-state index in [-0.39, 0.29) is 12.5 Å². The van der Waals surface area contributed by atoms with E-state index in [0.717, 1.165) is 45.4 Å². The number of rotatable bonds is 4. The maximum atomic E-state index is 12.5. The highest BCUT2D eigenvalue weighted by atomic mass is 32.1. The molecule has 1 saturated heterocycles. The Bertz CT molecular complexity index is 486. The van der Waals surface area contributed by atoms with Crippen LogP contribution in [0.3, 0.4) is 0 Å². The average Bonchev–Trinajstić information content (AvgIpc) is 2.95. The largest absolute Gasteiger partial charge is 0.396 e. The number of hydrogen-bond acceptors (Lipinski definition) is 4. The van der Waals surface area contributed by atoms with Crippen LogP contribution in [0.5, 0.6) is 0 Å². The second-order valence-corrected chi connectivity index (χ2v) is 7.19. The normalized spacial score (nSPS) is 23.1. The molecule has 0 saturated carbocycles. The number of fused-ring (bicyclic) bond motifs is 1. The molecule has 4 nitrogen and oxygen atoms in total. The Hall–Kier alpha value is -0.910. The number of carbonyl (C=O) groups excluding carboxylic acids is 1. The van der Waals surface area contributed by atoms with Gasteiger partial charge in [-0.05, 0) is 55.2 Å². The van der Waals surface area contributed by atoms with Crippen molar-refractivity contribution in [1.82, 2.24) is 9.80 Å². The molecular weight excluding hydrogens is 284 g/mol. The van der Waals surface area contributed by atoms with Crippen molar-refractivity contribution in [3.63, 3.8) is 0 Å². The van der Waals surface area contributed by atoms with E-state index in [1.807, 2.05) is 16.2 Å². The van der Waals surface area contributed by atoms with Crippen LogP contribution in [0.2, 0.25) is 0 Å². The highest BCUT2D eigenvalue weighted by molar-refractivity contribution is 7.10. The topological polar surface area (TPSA) is 43.8 Å². The summed E-state index contributed by atoms with van der Waals surface area (Å²) in [7, 11) is 0. The third kappa shape index (κ3) is 3.65. The molecule has 1 amide bonds. The van der Waals surface area contributed by atoms with Crippen LogP contribution in [-0.4, -0.2) is 53.6 Å². The maximum Gasteiger partial charge on any atom is 0.237 e. The minimum atomic E-state index is 0.261. The smallest absolute Gasteiger partial charge is 0.237 e. The zero-order valence-corrected chi connectivity index (χ0v) is 13.3. The molecular formula is C16H24N2O2S. The molecule has 3 heterocycles. The first-order valence-corrected chi connectivity index (χ1v) is 8.80. The fraction of sp³-hybridized carbons (Fsp3) is 0.688. The third-order valence-electron chi connectivity index (χ3n) is 4.66. The molecule has 0 aliphatic carbocycles. The van der Waals surface area contributed by atoms with Crippen molar-refractivity contribution in [3.8, 4) is 0 Å². The van der Waals surface area contributed by atoms with E-state index in [1.165, 1.54) is 16.9 Å². The van der Waals surface area contributed by atoms with Crippen molar-refractivity contribution in [1.29, 1.82) is 0 Å². The van der Waals surface area contributed by atoms with Crippen LogP contribution in [0.15, 0.2) is 11.4 Å². The van der Waals surface area contributed by atoms with Crippen LogP contribution < -0.4 is 0 Å². The zero-order chi connectivity index (χ0) is 14.7. The van der Waals surface area contributed by atoms with Crippen LogP contribution in [0.1, 0.15) is 29.7 Å². The van der Waals surface area contributed by atoms with Gasteiger partial charge in [0, 0.05) is 31.1 Å². The molecule has 0 radical (unpaired) electrons. The predicted octanol–water partition coefficient (Wildman–Crippen LogP) is 1.73. The van der Waals surface area contributed by atoms with Gasteiger partial charge in [-0.1, -0.05) is 0 Å². The highest BCUT2D eigenvalue weighted by Crippen LogP contribution is 2.24. The van der Waals surface area contributed by atoms with E-state index < -0.39 is 0 Å². The Balaban J connectivity index is 1.52. The van der Waals surface area contributed by atoms with Crippen LogP contribution in [-0.2, 0) is 17.8 Å². The second kappa shape index (κ2) is 6.90. The molecule has 1 atom stereocenters. The van der Waals surface area contributed by atoms with Crippen molar-refractivity contribution in [3.05, 3.63) is 21.9 Å². The number of carbonyl (C=O) groups is 1. The first-order chi connectivity index (χ1) is 10.3. The minimum absolute atomic E-state index is 0.261. The average molecular weight is 308 g/mol. The van der Waals surface area contributed by atoms with E-state index in [9.17, 15) is 4.79 Å². The number of aliphatic hydroxyl groups is 1. The predicted molar refractivity (Wildman–Crippen MR) is 84.3 cm³/mol. The van der Waals surface area contributed by atoms with Gasteiger partial charge in [0.25, 0.3) is 0 Å². The molecule has 1 aromatic heterocycles. The summed E-state index contributed by atoms with van der Waals surface area (Å²) < 4.78 is 0. The van der Waals surface area contributed by atoms with Gasteiger partial charge in [0.15, 0.2) is 0 Å². The first kappa shape index (κ1) is 15.0. The minimum Gasteiger partial charge on any atom is -0.396 e. The molecule has 0 bridgehead atoms. The molecule has 21 heavy (non-hydrogen) atoms. The summed E-state index contributed by atoms with van der Waals surface area (Å²) in [5, 5.41) is 11.2. The van der Waals surface area contributed by atoms with Gasteiger partial charge in [-0.2, -0.15) is 0 Å². The van der Waals surface area contributed by atoms with Gasteiger partial charge in [-0.25, -0.2) is 0 Å². The summed E-state index contributed by atoms with van der Waals surface area (Å²) in [6.45, 7) is 4.43. The number of hydrogen-bond donors (Lipinski definition) is 1. The van der Waals surface area contributed by atoms with Gasteiger partial charge in [-0.3, -0.25) is 9.69 Å². The highest BCUT2D eigenvalue weighted by Gasteiger charge is 2.25. The molecule has 1 unspecified atom stereocenters. The summed E-state index contributed by atoms with van der Waals surface area (Å²) in [4.78, 5) is 18.2. The van der Waals surface area contributed by atoms with E-state index >= 15 is 0 Å². The number of nitrogens with zero attached hydrogens (tertiary/aromatic N) is 2. The number of aliphatic hydroxyl groups excluding tert-OH is 1. The summed E-state index contributed by atoms with van der Waals surface area (Å²) in [6, 6.07) is 2.15. The van der Waals surface area contributed by atoms with Crippen molar-refractivity contribution in [2.24, 2.45) is 5.92 Å². The number of likely N-dealkylation sites (tertiary alicyclic amines) is 1. The molecule has 1 N–H and O–H groups in total. The molecule has 5 heteroatoms. The Labute approximate surface area is 130 Å². The fourth-order valence-corrected chi connectivity index (χ4v) is 4.36. The van der Waals surface area contributed by atoms with Gasteiger partial charge in [0.2, 0.25) is 5.91 Å². The van der Waals surface area contributed by atoms with Gasteiger partial charge < -0.3 is 10.0 Å². The van der Waals surface area contributed by atoms with Gasteiger partial charge in [0.05, 0.1) is 6.54 Å². The molecule has 0 aromatic carbocycles. The molecule has 3 rings (SSSR count). The van der Waals surface area contributed by atoms with Crippen molar-refractivity contribution in [2.75, 3.05) is 32.8 Å². The van der Waals surface area contributed by atoms with Crippen LogP contribution >= 0.6 is 11.3 Å². The Morgan fingerprint density at radius 1 is 1.43 bits per heavy atom. The molecule has 2 aliphatic heterocycles. The Kier molecular flexibility index (Phi) is 4.93. The lowest BCUT2D eigenvalue weighted by molar-refractivity contribution is -0.133. The second-order valence-electron chi connectivity index (χ2n) is 6.19. The number of piperidine rings is 1. The molecule has 116 valence electrons. The van der Waals surface area contributed by atoms with E-state index in [2.05, 4.69) is 16.3 Å². The van der Waals surface area contributed by atoms with Crippen molar-refractivity contribution >= 4 is 17.2 Å². The zero-order valence-electron chi connectivity index (χ0n) is 12.5. The standard InChI is InChI=1S/C16H24N2O2S/c19-8-4-13-2-1-6-17(10-13)12-16(20)18-7-3-15-14(11-18)5-9-21-15/h5,9,13,19H,1-4,6-8,10-12H2. The summed E-state index contributed by atoms with van der Waals surface area (Å²) in [6.07, 6.45) is 4.21. The van der Waals surface area contributed by atoms with Crippen LogP contribution in [0, 0.1) is 5.92 Å². The van der Waals surface area contributed by atoms with Gasteiger partial charge in [-0.15, -0.1) is 11.3 Å². The van der Waals surface area contributed by atoms with Gasteiger partial charge >= 0.3 is 0 Å². The lowest BCUT2D eigenvalue weighted by Crippen LogP contribution is -2.45. The molecule has 1 fully saturated rings. The molecule has 2 aliphatic rings.